The lowest BCUT2D eigenvalue weighted by molar-refractivity contribution is -0.153. The number of carbonyl (C=O) groups excluding carboxylic acids is 1. The van der Waals surface area contributed by atoms with Gasteiger partial charge < -0.3 is 15.2 Å². The molecule has 1 aliphatic carbocycles. The van der Waals surface area contributed by atoms with Crippen LogP contribution in [-0.2, 0) is 15.7 Å². The zero-order chi connectivity index (χ0) is 24.4. The van der Waals surface area contributed by atoms with Crippen molar-refractivity contribution < 1.29 is 40.6 Å². The van der Waals surface area contributed by atoms with Gasteiger partial charge in [0, 0.05) is 5.56 Å². The van der Waals surface area contributed by atoms with Gasteiger partial charge in [0.1, 0.15) is 5.75 Å². The van der Waals surface area contributed by atoms with Crippen molar-refractivity contribution in [2.75, 3.05) is 18.9 Å². The summed E-state index contributed by atoms with van der Waals surface area (Å²) in [4.78, 5) is 12.6. The van der Waals surface area contributed by atoms with Crippen molar-refractivity contribution in [2.45, 2.75) is 44.5 Å². The molecular formula is C23H23F6NO3. The lowest BCUT2D eigenvalue weighted by Gasteiger charge is -2.21. The fraction of sp³-hybridized carbons (Fsp3) is 0.435. The van der Waals surface area contributed by atoms with Crippen LogP contribution in [0.1, 0.15) is 43.2 Å². The molecule has 10 heteroatoms. The van der Waals surface area contributed by atoms with Gasteiger partial charge in [-0.25, -0.2) is 0 Å². The number of ether oxygens (including phenoxy) is 2. The average molecular weight is 475 g/mol. The second kappa shape index (κ2) is 9.52. The summed E-state index contributed by atoms with van der Waals surface area (Å²) in [7, 11) is 0. The molecule has 1 atom stereocenters. The number of esters is 1. The molecule has 0 spiro atoms. The Kier molecular flexibility index (Phi) is 7.14. The minimum Gasteiger partial charge on any atom is -0.482 e. The molecule has 0 radical (unpaired) electrons. The molecular weight excluding hydrogens is 452 g/mol. The molecule has 180 valence electrons. The average Bonchev–Trinajstić information content (AvgIpc) is 3.55. The first-order chi connectivity index (χ1) is 15.4. The molecule has 2 aromatic carbocycles. The van der Waals surface area contributed by atoms with Gasteiger partial charge >= 0.3 is 18.3 Å². The molecule has 2 aromatic rings. The summed E-state index contributed by atoms with van der Waals surface area (Å²) in [5, 5.41) is 0. The smallest absolute Gasteiger partial charge is 0.422 e. The molecule has 1 unspecified atom stereocenters. The van der Waals surface area contributed by atoms with Gasteiger partial charge in [-0.2, -0.15) is 26.3 Å². The molecule has 0 heterocycles. The number of nitrogen functional groups attached to an aromatic ring is 1. The van der Waals surface area contributed by atoms with Crippen LogP contribution in [0.4, 0.5) is 32.0 Å². The highest BCUT2D eigenvalue weighted by Crippen LogP contribution is 2.43. The summed E-state index contributed by atoms with van der Waals surface area (Å²) in [6, 6.07) is 6.83. The van der Waals surface area contributed by atoms with Crippen LogP contribution in [0.15, 0.2) is 36.4 Å². The maximum absolute atomic E-state index is 12.9. The number of hydrogen-bond donors (Lipinski definition) is 1. The predicted molar refractivity (Wildman–Crippen MR) is 110 cm³/mol. The number of alkyl halides is 6. The Morgan fingerprint density at radius 3 is 2.24 bits per heavy atom. The fourth-order valence-electron chi connectivity index (χ4n) is 3.50. The van der Waals surface area contributed by atoms with Crippen molar-refractivity contribution in [2.24, 2.45) is 5.92 Å². The van der Waals surface area contributed by atoms with Crippen LogP contribution in [0.3, 0.4) is 0 Å². The van der Waals surface area contributed by atoms with Crippen LogP contribution in [0.25, 0.3) is 11.1 Å². The van der Waals surface area contributed by atoms with Crippen molar-refractivity contribution in [3.8, 4) is 16.9 Å². The monoisotopic (exact) mass is 475 g/mol. The summed E-state index contributed by atoms with van der Waals surface area (Å²) in [5.41, 5.74) is 5.75. The first-order valence-electron chi connectivity index (χ1n) is 10.4. The van der Waals surface area contributed by atoms with Gasteiger partial charge in [0.15, 0.2) is 6.61 Å². The quantitative estimate of drug-likeness (QED) is 0.275. The Labute approximate surface area is 186 Å². The van der Waals surface area contributed by atoms with E-state index in [0.717, 1.165) is 25.0 Å². The minimum atomic E-state index is -4.63. The van der Waals surface area contributed by atoms with E-state index in [1.165, 1.54) is 24.3 Å². The van der Waals surface area contributed by atoms with Crippen LogP contribution in [0, 0.1) is 5.92 Å². The third kappa shape index (κ3) is 6.55. The van der Waals surface area contributed by atoms with E-state index in [0.29, 0.717) is 12.0 Å². The highest BCUT2D eigenvalue weighted by Gasteiger charge is 2.34. The van der Waals surface area contributed by atoms with Crippen molar-refractivity contribution >= 4 is 11.7 Å². The van der Waals surface area contributed by atoms with E-state index in [4.69, 9.17) is 15.2 Å². The van der Waals surface area contributed by atoms with Gasteiger partial charge in [0.25, 0.3) is 0 Å². The molecule has 0 aliphatic heterocycles. The van der Waals surface area contributed by atoms with E-state index in [1.54, 1.807) is 6.92 Å². The van der Waals surface area contributed by atoms with Gasteiger partial charge in [-0.05, 0) is 54.7 Å². The van der Waals surface area contributed by atoms with Crippen LogP contribution in [0.5, 0.6) is 5.75 Å². The first-order valence-corrected chi connectivity index (χ1v) is 10.4. The van der Waals surface area contributed by atoms with E-state index in [1.807, 2.05) is 0 Å². The Bertz CT molecular complexity index is 981. The lowest BCUT2D eigenvalue weighted by Crippen LogP contribution is -2.21. The number of benzene rings is 2. The van der Waals surface area contributed by atoms with Crippen molar-refractivity contribution in [3.63, 3.8) is 0 Å². The largest absolute Gasteiger partial charge is 0.482 e. The molecule has 3 rings (SSSR count). The molecule has 1 aliphatic rings. The predicted octanol–water partition coefficient (Wildman–Crippen LogP) is 6.34. The topological polar surface area (TPSA) is 61.5 Å². The van der Waals surface area contributed by atoms with Crippen LogP contribution >= 0.6 is 0 Å². The fourth-order valence-corrected chi connectivity index (χ4v) is 3.50. The Morgan fingerprint density at radius 2 is 1.73 bits per heavy atom. The molecule has 1 fully saturated rings. The van der Waals surface area contributed by atoms with E-state index < -0.39 is 36.4 Å². The highest BCUT2D eigenvalue weighted by atomic mass is 19.4. The number of halogens is 6. The van der Waals surface area contributed by atoms with Crippen molar-refractivity contribution in [1.82, 2.24) is 0 Å². The molecule has 0 saturated heterocycles. The maximum Gasteiger partial charge on any atom is 0.422 e. The molecule has 0 amide bonds. The summed E-state index contributed by atoms with van der Waals surface area (Å²) < 4.78 is 87.2. The molecule has 4 nitrogen and oxygen atoms in total. The summed E-state index contributed by atoms with van der Waals surface area (Å²) in [6.45, 7) is 0.151. The lowest BCUT2D eigenvalue weighted by atomic mass is 9.89. The second-order valence-electron chi connectivity index (χ2n) is 7.94. The second-order valence-corrected chi connectivity index (χ2v) is 7.94. The van der Waals surface area contributed by atoms with Crippen molar-refractivity contribution in [1.29, 1.82) is 0 Å². The molecule has 1 saturated carbocycles. The van der Waals surface area contributed by atoms with Gasteiger partial charge in [-0.3, -0.25) is 4.79 Å². The van der Waals surface area contributed by atoms with Crippen LogP contribution in [0.2, 0.25) is 0 Å². The zero-order valence-electron chi connectivity index (χ0n) is 17.7. The number of anilines is 1. The van der Waals surface area contributed by atoms with Crippen LogP contribution < -0.4 is 10.5 Å². The van der Waals surface area contributed by atoms with E-state index in [2.05, 4.69) is 0 Å². The maximum atomic E-state index is 12.9. The molecule has 0 bridgehead atoms. The third-order valence-corrected chi connectivity index (χ3v) is 5.32. The van der Waals surface area contributed by atoms with Gasteiger partial charge in [0.05, 0.1) is 23.8 Å². The summed E-state index contributed by atoms with van der Waals surface area (Å²) in [5.74, 6) is -1.32. The zero-order valence-corrected chi connectivity index (χ0v) is 17.7. The highest BCUT2D eigenvalue weighted by molar-refractivity contribution is 5.85. The SMILES string of the molecule is CCOC(=O)C(CC1CC1)c1cc(OCC(F)(F)F)c(N)c(-c2ccc(C(F)(F)F)cc2)c1. The molecule has 2 N–H and O–H groups in total. The number of carbonyl (C=O) groups is 1. The number of hydrogen-bond acceptors (Lipinski definition) is 4. The normalized spacial score (nSPS) is 15.2. The Hall–Kier alpha value is -2.91. The van der Waals surface area contributed by atoms with Gasteiger partial charge in [-0.15, -0.1) is 0 Å². The molecule has 0 aromatic heterocycles. The van der Waals surface area contributed by atoms with Crippen LogP contribution in [-0.4, -0.2) is 25.4 Å². The summed E-state index contributed by atoms with van der Waals surface area (Å²) >= 11 is 0. The van der Waals surface area contributed by atoms with E-state index in [-0.39, 0.29) is 35.1 Å². The molecule has 33 heavy (non-hydrogen) atoms. The Balaban J connectivity index is 2.07. The van der Waals surface area contributed by atoms with E-state index >= 15 is 0 Å². The standard InChI is InChI=1S/C23H23F6NO3/c1-2-32-21(31)18(9-13-3-4-13)15-10-17(14-5-7-16(8-6-14)23(27,28)29)20(30)19(11-15)33-12-22(24,25)26/h5-8,10-11,13,18H,2-4,9,12,30H2,1H3. The Morgan fingerprint density at radius 1 is 1.09 bits per heavy atom. The first kappa shape index (κ1) is 24.7. The summed E-state index contributed by atoms with van der Waals surface area (Å²) in [6.07, 6.45) is -6.90. The van der Waals surface area contributed by atoms with Gasteiger partial charge in [0.2, 0.25) is 0 Å². The van der Waals surface area contributed by atoms with E-state index in [9.17, 15) is 31.1 Å². The third-order valence-electron chi connectivity index (χ3n) is 5.32. The minimum absolute atomic E-state index is 0.123. The van der Waals surface area contributed by atoms with Crippen molar-refractivity contribution in [3.05, 3.63) is 47.5 Å². The number of nitrogens with two attached hydrogens (primary N) is 1. The number of rotatable bonds is 8. The van der Waals surface area contributed by atoms with Gasteiger partial charge in [-0.1, -0.05) is 25.0 Å².